The maximum atomic E-state index is 12.9. The van der Waals surface area contributed by atoms with Crippen molar-refractivity contribution in [1.82, 2.24) is 0 Å². The van der Waals surface area contributed by atoms with Crippen molar-refractivity contribution in [1.29, 1.82) is 0 Å². The fourth-order valence-corrected chi connectivity index (χ4v) is 6.21. The van der Waals surface area contributed by atoms with Gasteiger partial charge in [0, 0.05) is 16.9 Å². The fourth-order valence-electron chi connectivity index (χ4n) is 3.49. The van der Waals surface area contributed by atoms with Gasteiger partial charge in [-0.05, 0) is 80.1 Å². The molecule has 0 saturated carbocycles. The van der Waals surface area contributed by atoms with E-state index in [-0.39, 0.29) is 20.4 Å². The number of benzene rings is 4. The zero-order chi connectivity index (χ0) is 27.5. The lowest BCUT2D eigenvalue weighted by molar-refractivity contribution is 0.102. The van der Waals surface area contributed by atoms with Gasteiger partial charge in [0.2, 0.25) is 0 Å². The number of carbonyl (C=O) groups excluding carboxylic acids is 1. The summed E-state index contributed by atoms with van der Waals surface area (Å²) in [5.41, 5.74) is 2.94. The normalized spacial score (nSPS) is 11.6. The van der Waals surface area contributed by atoms with Crippen molar-refractivity contribution in [2.24, 2.45) is 0 Å². The van der Waals surface area contributed by atoms with Gasteiger partial charge in [0.15, 0.2) is 0 Å². The molecule has 196 valence electrons. The van der Waals surface area contributed by atoms with E-state index in [2.05, 4.69) is 14.8 Å². The van der Waals surface area contributed by atoms with Crippen molar-refractivity contribution in [2.45, 2.75) is 23.6 Å². The van der Waals surface area contributed by atoms with Gasteiger partial charge < -0.3 is 5.32 Å². The largest absolute Gasteiger partial charge is 0.322 e. The number of hydrogen-bond acceptors (Lipinski definition) is 5. The summed E-state index contributed by atoms with van der Waals surface area (Å²) in [6.45, 7) is 3.68. The molecule has 8 nitrogen and oxygen atoms in total. The Kier molecular flexibility index (Phi) is 7.77. The highest BCUT2D eigenvalue weighted by atomic mass is 35.5. The Bertz CT molecular complexity index is 1700. The van der Waals surface area contributed by atoms with Crippen LogP contribution in [0.15, 0.2) is 101 Å². The molecule has 38 heavy (non-hydrogen) atoms. The van der Waals surface area contributed by atoms with Crippen molar-refractivity contribution < 1.29 is 21.6 Å². The minimum Gasteiger partial charge on any atom is -0.322 e. The van der Waals surface area contributed by atoms with E-state index in [1.54, 1.807) is 49.4 Å². The second-order valence-corrected chi connectivity index (χ2v) is 12.3. The first-order chi connectivity index (χ1) is 17.9. The molecule has 4 rings (SSSR count). The molecule has 4 aromatic carbocycles. The molecule has 0 spiro atoms. The second-order valence-electron chi connectivity index (χ2n) is 8.52. The summed E-state index contributed by atoms with van der Waals surface area (Å²) in [6.07, 6.45) is 0. The van der Waals surface area contributed by atoms with Gasteiger partial charge in [0.05, 0.1) is 15.6 Å². The number of rotatable bonds is 8. The smallest absolute Gasteiger partial charge is 0.263 e. The molecule has 0 bridgehead atoms. The topological polar surface area (TPSA) is 121 Å². The Morgan fingerprint density at radius 3 is 2.00 bits per heavy atom. The Morgan fingerprint density at radius 1 is 0.711 bits per heavy atom. The monoisotopic (exact) mass is 569 g/mol. The number of anilines is 3. The molecule has 0 fully saturated rings. The van der Waals surface area contributed by atoms with Crippen molar-refractivity contribution in [3.8, 4) is 0 Å². The predicted molar refractivity (Wildman–Crippen MR) is 150 cm³/mol. The molecule has 0 aromatic heterocycles. The van der Waals surface area contributed by atoms with Gasteiger partial charge >= 0.3 is 0 Å². The number of aryl methyl sites for hydroxylation is 2. The van der Waals surface area contributed by atoms with Crippen LogP contribution >= 0.6 is 11.6 Å². The first-order valence-electron chi connectivity index (χ1n) is 11.3. The predicted octanol–water partition coefficient (Wildman–Crippen LogP) is 5.81. The highest BCUT2D eigenvalue weighted by molar-refractivity contribution is 7.93. The third-order valence-electron chi connectivity index (χ3n) is 5.60. The molecule has 0 aliphatic carbocycles. The summed E-state index contributed by atoms with van der Waals surface area (Å²) in [5, 5.41) is 2.59. The van der Waals surface area contributed by atoms with E-state index in [1.165, 1.54) is 42.5 Å². The first-order valence-corrected chi connectivity index (χ1v) is 14.7. The van der Waals surface area contributed by atoms with E-state index >= 15 is 0 Å². The van der Waals surface area contributed by atoms with E-state index < -0.39 is 26.0 Å². The quantitative estimate of drug-likeness (QED) is 0.247. The third-order valence-corrected chi connectivity index (χ3v) is 8.84. The molecular formula is C27H24ClN3O5S2. The van der Waals surface area contributed by atoms with Gasteiger partial charge in [-0.3, -0.25) is 14.2 Å². The molecule has 3 N–H and O–H groups in total. The van der Waals surface area contributed by atoms with Gasteiger partial charge in [-0.2, -0.15) is 0 Å². The summed E-state index contributed by atoms with van der Waals surface area (Å²) in [7, 11) is -7.91. The number of hydrogen-bond donors (Lipinski definition) is 3. The highest BCUT2D eigenvalue weighted by Crippen LogP contribution is 2.26. The van der Waals surface area contributed by atoms with Crippen LogP contribution in [0.4, 0.5) is 17.1 Å². The lowest BCUT2D eigenvalue weighted by Crippen LogP contribution is -2.17. The minimum atomic E-state index is -4.07. The van der Waals surface area contributed by atoms with Crippen molar-refractivity contribution in [3.05, 3.63) is 113 Å². The van der Waals surface area contributed by atoms with Crippen LogP contribution in [-0.4, -0.2) is 22.7 Å². The van der Waals surface area contributed by atoms with Crippen LogP contribution in [0.25, 0.3) is 0 Å². The van der Waals surface area contributed by atoms with E-state index in [0.717, 1.165) is 11.1 Å². The molecule has 0 aliphatic rings. The maximum absolute atomic E-state index is 12.9. The molecule has 0 radical (unpaired) electrons. The number of halogens is 1. The number of carbonyl (C=O) groups is 1. The van der Waals surface area contributed by atoms with Crippen LogP contribution in [0.5, 0.6) is 0 Å². The maximum Gasteiger partial charge on any atom is 0.263 e. The molecular weight excluding hydrogens is 546 g/mol. The van der Waals surface area contributed by atoms with Crippen molar-refractivity contribution in [3.63, 3.8) is 0 Å². The second kappa shape index (κ2) is 10.9. The van der Waals surface area contributed by atoms with Crippen molar-refractivity contribution >= 4 is 54.6 Å². The summed E-state index contributed by atoms with van der Waals surface area (Å²) >= 11 is 6.15. The highest BCUT2D eigenvalue weighted by Gasteiger charge is 2.21. The molecule has 1 amide bonds. The van der Waals surface area contributed by atoms with Gasteiger partial charge in [-0.1, -0.05) is 47.5 Å². The molecule has 4 aromatic rings. The average Bonchev–Trinajstić information content (AvgIpc) is 2.87. The van der Waals surface area contributed by atoms with Crippen LogP contribution in [0.1, 0.15) is 21.5 Å². The molecule has 0 saturated heterocycles. The Hall–Kier alpha value is -3.86. The van der Waals surface area contributed by atoms with Gasteiger partial charge in [-0.15, -0.1) is 0 Å². The summed E-state index contributed by atoms with van der Waals surface area (Å²) in [5.74, 6) is -0.595. The number of nitrogens with one attached hydrogen (secondary N) is 3. The Labute approximate surface area is 226 Å². The van der Waals surface area contributed by atoms with Gasteiger partial charge in [0.25, 0.3) is 26.0 Å². The molecule has 0 unspecified atom stereocenters. The van der Waals surface area contributed by atoms with Gasteiger partial charge in [0.1, 0.15) is 4.90 Å². The third kappa shape index (κ3) is 6.34. The van der Waals surface area contributed by atoms with E-state index in [1.807, 2.05) is 13.0 Å². The van der Waals surface area contributed by atoms with E-state index in [9.17, 15) is 21.6 Å². The SMILES string of the molecule is Cc1ccc(NS(=O)(=O)c2cc(C(=O)Nc3ccc(S(=O)(=O)Nc4ccccc4C)cc3)ccc2Cl)cc1. The van der Waals surface area contributed by atoms with Crippen LogP contribution in [0.3, 0.4) is 0 Å². The van der Waals surface area contributed by atoms with Crippen LogP contribution in [0.2, 0.25) is 5.02 Å². The molecule has 0 aliphatic heterocycles. The first kappa shape index (κ1) is 27.2. The molecule has 0 atom stereocenters. The minimum absolute atomic E-state index is 0.0146. The standard InChI is InChI=1S/C27H24ClN3O5S2/c1-18-7-10-22(11-8-18)30-38(35,36)26-17-20(9-16-24(26)28)27(32)29-21-12-14-23(15-13-21)37(33,34)31-25-6-4-3-5-19(25)2/h3-17,30-31H,1-2H3,(H,29,32). The molecule has 0 heterocycles. The van der Waals surface area contributed by atoms with Gasteiger partial charge in [-0.25, -0.2) is 16.8 Å². The molecule has 11 heteroatoms. The Morgan fingerprint density at radius 2 is 1.34 bits per heavy atom. The van der Waals surface area contributed by atoms with Crippen molar-refractivity contribution in [2.75, 3.05) is 14.8 Å². The lowest BCUT2D eigenvalue weighted by atomic mass is 10.2. The average molecular weight is 570 g/mol. The van der Waals surface area contributed by atoms with Crippen LogP contribution < -0.4 is 14.8 Å². The fraction of sp³-hybridized carbons (Fsp3) is 0.0741. The lowest BCUT2D eigenvalue weighted by Gasteiger charge is -2.12. The zero-order valence-corrected chi connectivity index (χ0v) is 22.8. The summed E-state index contributed by atoms with van der Waals surface area (Å²) in [6, 6.07) is 23.3. The zero-order valence-electron chi connectivity index (χ0n) is 20.4. The van der Waals surface area contributed by atoms with Crippen LogP contribution in [0, 0.1) is 13.8 Å². The number of sulfonamides is 2. The Balaban J connectivity index is 1.50. The number of para-hydroxylation sites is 1. The summed E-state index contributed by atoms with van der Waals surface area (Å²) in [4.78, 5) is 12.6. The van der Waals surface area contributed by atoms with Crippen LogP contribution in [-0.2, 0) is 20.0 Å². The van der Waals surface area contributed by atoms with E-state index in [4.69, 9.17) is 11.6 Å². The summed E-state index contributed by atoms with van der Waals surface area (Å²) < 4.78 is 56.4. The van der Waals surface area contributed by atoms with E-state index in [0.29, 0.717) is 17.1 Å². The number of amides is 1.